The number of nitrogens with one attached hydrogen (secondary N) is 2. The molecule has 1 saturated carbocycles. The first-order chi connectivity index (χ1) is 14.1. The number of rotatable bonds is 7. The number of benzene rings is 2. The lowest BCUT2D eigenvalue weighted by Gasteiger charge is -2.32. The highest BCUT2D eigenvalue weighted by molar-refractivity contribution is 5.96. The third-order valence-corrected chi connectivity index (χ3v) is 5.67. The van der Waals surface area contributed by atoms with Gasteiger partial charge in [-0.2, -0.15) is 0 Å². The molecule has 0 bridgehead atoms. The molecule has 1 aliphatic heterocycles. The van der Waals surface area contributed by atoms with Gasteiger partial charge in [0.15, 0.2) is 0 Å². The number of likely N-dealkylation sites (tertiary alicyclic amines) is 1. The average Bonchev–Trinajstić information content (AvgIpc) is 3.57. The van der Waals surface area contributed by atoms with E-state index in [1.807, 2.05) is 30.3 Å². The topological polar surface area (TPSA) is 87.5 Å². The molecule has 152 valence electrons. The van der Waals surface area contributed by atoms with Crippen molar-refractivity contribution in [1.82, 2.24) is 10.2 Å². The minimum absolute atomic E-state index is 0.0966. The normalized spacial score (nSPS) is 17.2. The van der Waals surface area contributed by atoms with Gasteiger partial charge in [-0.15, -0.1) is 0 Å². The molecule has 2 aromatic carbocycles. The highest BCUT2D eigenvalue weighted by atomic mass is 16.6. The van der Waals surface area contributed by atoms with Crippen LogP contribution in [0.25, 0.3) is 0 Å². The maximum Gasteiger partial charge on any atom is 0.293 e. The van der Waals surface area contributed by atoms with E-state index in [4.69, 9.17) is 0 Å². The highest BCUT2D eigenvalue weighted by Crippen LogP contribution is 2.30. The van der Waals surface area contributed by atoms with Crippen LogP contribution in [0.4, 0.5) is 17.1 Å². The van der Waals surface area contributed by atoms with Crippen molar-refractivity contribution < 1.29 is 9.72 Å². The lowest BCUT2D eigenvalue weighted by molar-refractivity contribution is -0.383. The number of carbonyl (C=O) groups excluding carboxylic acids is 1. The van der Waals surface area contributed by atoms with Gasteiger partial charge in [-0.3, -0.25) is 14.9 Å². The number of piperidine rings is 1. The average molecular weight is 394 g/mol. The van der Waals surface area contributed by atoms with Crippen LogP contribution in [-0.4, -0.2) is 41.4 Å². The molecule has 29 heavy (non-hydrogen) atoms. The summed E-state index contributed by atoms with van der Waals surface area (Å²) in [5, 5.41) is 18.2. The van der Waals surface area contributed by atoms with Crippen molar-refractivity contribution in [2.45, 2.75) is 31.7 Å². The minimum atomic E-state index is -0.448. The van der Waals surface area contributed by atoms with E-state index in [2.05, 4.69) is 10.6 Å². The van der Waals surface area contributed by atoms with Crippen LogP contribution in [0.2, 0.25) is 0 Å². The number of para-hydroxylation sites is 1. The van der Waals surface area contributed by atoms with E-state index < -0.39 is 4.92 Å². The molecule has 0 spiro atoms. The Labute approximate surface area is 170 Å². The molecule has 2 N–H and O–H groups in total. The molecule has 7 nitrogen and oxygen atoms in total. The van der Waals surface area contributed by atoms with Gasteiger partial charge in [0.25, 0.3) is 11.6 Å². The standard InChI is InChI=1S/C22H26N4O3/c27-22(25-12-10-18(11-13-25)23-15-16-6-7-16)17-8-9-20(21(14-17)26(28)29)24-19-4-2-1-3-5-19/h1-5,8-9,14,16,18,23-24H,6-7,10-13,15H2. The van der Waals surface area contributed by atoms with Gasteiger partial charge < -0.3 is 15.5 Å². The molecule has 0 atom stereocenters. The van der Waals surface area contributed by atoms with E-state index in [1.165, 1.54) is 18.9 Å². The maximum absolute atomic E-state index is 12.9. The zero-order valence-electron chi connectivity index (χ0n) is 16.3. The van der Waals surface area contributed by atoms with Gasteiger partial charge in [0.2, 0.25) is 0 Å². The van der Waals surface area contributed by atoms with Crippen molar-refractivity contribution in [1.29, 1.82) is 0 Å². The highest BCUT2D eigenvalue weighted by Gasteiger charge is 2.27. The summed E-state index contributed by atoms with van der Waals surface area (Å²) in [7, 11) is 0. The fourth-order valence-corrected chi connectivity index (χ4v) is 3.72. The molecule has 7 heteroatoms. The summed E-state index contributed by atoms with van der Waals surface area (Å²) in [5.74, 6) is 0.707. The largest absolute Gasteiger partial charge is 0.350 e. The lowest BCUT2D eigenvalue weighted by atomic mass is 10.0. The molecule has 0 unspecified atom stereocenters. The van der Waals surface area contributed by atoms with Gasteiger partial charge >= 0.3 is 0 Å². The number of hydrogen-bond donors (Lipinski definition) is 2. The molecule has 2 fully saturated rings. The van der Waals surface area contributed by atoms with Crippen LogP contribution in [0.3, 0.4) is 0 Å². The van der Waals surface area contributed by atoms with E-state index in [9.17, 15) is 14.9 Å². The zero-order valence-corrected chi connectivity index (χ0v) is 16.3. The quantitative estimate of drug-likeness (QED) is 0.549. The zero-order chi connectivity index (χ0) is 20.2. The Bertz CT molecular complexity index is 875. The van der Waals surface area contributed by atoms with Crippen LogP contribution >= 0.6 is 0 Å². The Balaban J connectivity index is 1.41. The smallest absolute Gasteiger partial charge is 0.293 e. The molecular weight excluding hydrogens is 368 g/mol. The first-order valence-electron chi connectivity index (χ1n) is 10.2. The fraction of sp³-hybridized carbons (Fsp3) is 0.409. The molecule has 1 amide bonds. The summed E-state index contributed by atoms with van der Waals surface area (Å²) in [4.78, 5) is 25.8. The van der Waals surface area contributed by atoms with E-state index in [0.29, 0.717) is 30.4 Å². The van der Waals surface area contributed by atoms with Gasteiger partial charge in [0.1, 0.15) is 5.69 Å². The van der Waals surface area contributed by atoms with Crippen molar-refractivity contribution in [2.24, 2.45) is 5.92 Å². The maximum atomic E-state index is 12.9. The monoisotopic (exact) mass is 394 g/mol. The second-order valence-electron chi connectivity index (χ2n) is 7.90. The Kier molecular flexibility index (Phi) is 5.76. The van der Waals surface area contributed by atoms with Crippen molar-refractivity contribution in [3.05, 3.63) is 64.2 Å². The Morgan fingerprint density at radius 1 is 1.07 bits per heavy atom. The molecule has 2 aromatic rings. The summed E-state index contributed by atoms with van der Waals surface area (Å²) >= 11 is 0. The summed E-state index contributed by atoms with van der Waals surface area (Å²) < 4.78 is 0. The second-order valence-corrected chi connectivity index (χ2v) is 7.90. The summed E-state index contributed by atoms with van der Waals surface area (Å²) in [5.41, 5.74) is 1.40. The first kappa shape index (κ1) is 19.4. The van der Waals surface area contributed by atoms with Crippen LogP contribution in [0.5, 0.6) is 0 Å². The van der Waals surface area contributed by atoms with Crippen LogP contribution in [0.15, 0.2) is 48.5 Å². The lowest BCUT2D eigenvalue weighted by Crippen LogP contribution is -2.45. The summed E-state index contributed by atoms with van der Waals surface area (Å²) in [6, 6.07) is 14.4. The van der Waals surface area contributed by atoms with Gasteiger partial charge in [-0.1, -0.05) is 18.2 Å². The number of nitro benzene ring substituents is 1. The molecule has 1 heterocycles. The Morgan fingerprint density at radius 2 is 1.79 bits per heavy atom. The first-order valence-corrected chi connectivity index (χ1v) is 10.2. The van der Waals surface area contributed by atoms with Gasteiger partial charge in [-0.05, 0) is 62.4 Å². The van der Waals surface area contributed by atoms with Crippen LogP contribution < -0.4 is 10.6 Å². The van der Waals surface area contributed by atoms with Gasteiger partial charge in [0, 0.05) is 36.4 Å². The van der Waals surface area contributed by atoms with E-state index in [1.54, 1.807) is 17.0 Å². The van der Waals surface area contributed by atoms with Crippen molar-refractivity contribution in [2.75, 3.05) is 25.0 Å². The summed E-state index contributed by atoms with van der Waals surface area (Å²) in [6.45, 7) is 2.44. The third-order valence-electron chi connectivity index (χ3n) is 5.67. The Morgan fingerprint density at radius 3 is 2.45 bits per heavy atom. The molecule has 1 saturated heterocycles. The van der Waals surface area contributed by atoms with Crippen LogP contribution in [-0.2, 0) is 0 Å². The molecule has 4 rings (SSSR count). The number of carbonyl (C=O) groups is 1. The number of nitro groups is 1. The molecule has 2 aliphatic rings. The van der Waals surface area contributed by atoms with Crippen molar-refractivity contribution in [3.8, 4) is 0 Å². The SMILES string of the molecule is O=C(c1ccc(Nc2ccccc2)c([N+](=O)[O-])c1)N1CCC(NCC2CC2)CC1. The Hall–Kier alpha value is -2.93. The predicted octanol–water partition coefficient (Wildman–Crippen LogP) is 3.94. The van der Waals surface area contributed by atoms with Gasteiger partial charge in [-0.25, -0.2) is 0 Å². The molecular formula is C22H26N4O3. The van der Waals surface area contributed by atoms with Crippen LogP contribution in [0, 0.1) is 16.0 Å². The number of anilines is 2. The van der Waals surface area contributed by atoms with E-state index in [-0.39, 0.29) is 11.6 Å². The number of amides is 1. The predicted molar refractivity (Wildman–Crippen MR) is 112 cm³/mol. The summed E-state index contributed by atoms with van der Waals surface area (Å²) in [6.07, 6.45) is 4.51. The minimum Gasteiger partial charge on any atom is -0.350 e. The molecule has 1 aliphatic carbocycles. The number of nitrogens with zero attached hydrogens (tertiary/aromatic N) is 2. The number of hydrogen-bond acceptors (Lipinski definition) is 5. The molecule has 0 aromatic heterocycles. The van der Waals surface area contributed by atoms with Crippen molar-refractivity contribution >= 4 is 23.0 Å². The second kappa shape index (κ2) is 8.61. The van der Waals surface area contributed by atoms with E-state index in [0.717, 1.165) is 31.0 Å². The van der Waals surface area contributed by atoms with Gasteiger partial charge in [0.05, 0.1) is 4.92 Å². The fourth-order valence-electron chi connectivity index (χ4n) is 3.72. The molecule has 0 radical (unpaired) electrons. The van der Waals surface area contributed by atoms with Crippen molar-refractivity contribution in [3.63, 3.8) is 0 Å². The third kappa shape index (κ3) is 4.92. The van der Waals surface area contributed by atoms with E-state index >= 15 is 0 Å². The van der Waals surface area contributed by atoms with Crippen LogP contribution in [0.1, 0.15) is 36.0 Å².